The summed E-state index contributed by atoms with van der Waals surface area (Å²) >= 11 is 0. The van der Waals surface area contributed by atoms with E-state index in [2.05, 4.69) is 27.5 Å². The molecule has 1 aromatic heterocycles. The van der Waals surface area contributed by atoms with Crippen molar-refractivity contribution in [3.63, 3.8) is 0 Å². The van der Waals surface area contributed by atoms with Crippen LogP contribution >= 0.6 is 0 Å². The van der Waals surface area contributed by atoms with Crippen LogP contribution in [-0.2, 0) is 11.3 Å². The molecule has 0 bridgehead atoms. The molecular formula is C11H20N4O2. The molecular weight excluding hydrogens is 220 g/mol. The minimum atomic E-state index is 0.0708. The second kappa shape index (κ2) is 7.81. The zero-order chi connectivity index (χ0) is 12.5. The zero-order valence-corrected chi connectivity index (χ0v) is 10.4. The number of aromatic nitrogens is 2. The Morgan fingerprint density at radius 2 is 1.88 bits per heavy atom. The van der Waals surface area contributed by atoms with Crippen molar-refractivity contribution in [2.75, 3.05) is 37.4 Å². The van der Waals surface area contributed by atoms with E-state index in [9.17, 15) is 0 Å². The minimum Gasteiger partial charge on any atom is -0.395 e. The molecule has 0 aliphatic carbocycles. The summed E-state index contributed by atoms with van der Waals surface area (Å²) in [6, 6.07) is 1.82. The van der Waals surface area contributed by atoms with Crippen LogP contribution in [0.1, 0.15) is 19.2 Å². The Hall–Kier alpha value is -1.40. The normalized spacial score (nSPS) is 10.3. The summed E-state index contributed by atoms with van der Waals surface area (Å²) in [5.74, 6) is 2.09. The number of hydrogen-bond acceptors (Lipinski definition) is 6. The molecule has 96 valence electrons. The fraction of sp³-hybridized carbons (Fsp3) is 0.636. The number of ether oxygens (including phenoxy) is 1. The SMILES string of the molecule is CCCNc1cc(NCCO)nc(COC)n1. The lowest BCUT2D eigenvalue weighted by atomic mass is 10.4. The summed E-state index contributed by atoms with van der Waals surface area (Å²) < 4.78 is 5.02. The molecule has 1 heterocycles. The molecule has 3 N–H and O–H groups in total. The third-order valence-electron chi connectivity index (χ3n) is 2.02. The Morgan fingerprint density at radius 3 is 2.41 bits per heavy atom. The number of nitrogens with one attached hydrogen (secondary N) is 2. The highest BCUT2D eigenvalue weighted by Crippen LogP contribution is 2.11. The van der Waals surface area contributed by atoms with Crippen LogP contribution in [0.3, 0.4) is 0 Å². The molecule has 6 heteroatoms. The first kappa shape index (κ1) is 13.7. The average molecular weight is 240 g/mol. The average Bonchev–Trinajstić information content (AvgIpc) is 2.34. The molecule has 6 nitrogen and oxygen atoms in total. The molecule has 0 saturated heterocycles. The molecule has 0 fully saturated rings. The lowest BCUT2D eigenvalue weighted by molar-refractivity contribution is 0.178. The van der Waals surface area contributed by atoms with E-state index >= 15 is 0 Å². The number of aliphatic hydroxyl groups is 1. The van der Waals surface area contributed by atoms with Crippen LogP contribution in [0.4, 0.5) is 11.6 Å². The molecule has 17 heavy (non-hydrogen) atoms. The highest BCUT2D eigenvalue weighted by Gasteiger charge is 2.03. The van der Waals surface area contributed by atoms with Gasteiger partial charge in [0.25, 0.3) is 0 Å². The number of anilines is 2. The second-order valence-electron chi connectivity index (χ2n) is 3.56. The third kappa shape index (κ3) is 4.97. The molecule has 0 unspecified atom stereocenters. The Bertz CT molecular complexity index is 307. The van der Waals surface area contributed by atoms with Crippen LogP contribution < -0.4 is 10.6 Å². The summed E-state index contributed by atoms with van der Waals surface area (Å²) in [5, 5.41) is 15.0. The van der Waals surface area contributed by atoms with Gasteiger partial charge < -0.3 is 20.5 Å². The summed E-state index contributed by atoms with van der Waals surface area (Å²) in [7, 11) is 1.61. The van der Waals surface area contributed by atoms with Crippen molar-refractivity contribution in [2.45, 2.75) is 20.0 Å². The lowest BCUT2D eigenvalue weighted by Crippen LogP contribution is -2.11. The van der Waals surface area contributed by atoms with E-state index in [0.29, 0.717) is 24.8 Å². The van der Waals surface area contributed by atoms with Gasteiger partial charge in [-0.05, 0) is 6.42 Å². The Kier molecular flexibility index (Phi) is 6.27. The summed E-state index contributed by atoms with van der Waals surface area (Å²) in [6.45, 7) is 3.87. The van der Waals surface area contributed by atoms with E-state index in [-0.39, 0.29) is 6.61 Å². The van der Waals surface area contributed by atoms with Crippen LogP contribution in [-0.4, -0.2) is 41.9 Å². The van der Waals surface area contributed by atoms with Gasteiger partial charge in [-0.25, -0.2) is 9.97 Å². The molecule has 0 aromatic carbocycles. The van der Waals surface area contributed by atoms with E-state index in [1.54, 1.807) is 7.11 Å². The second-order valence-corrected chi connectivity index (χ2v) is 3.56. The van der Waals surface area contributed by atoms with Gasteiger partial charge >= 0.3 is 0 Å². The molecule has 1 rings (SSSR count). The van der Waals surface area contributed by atoms with E-state index < -0.39 is 0 Å². The van der Waals surface area contributed by atoms with Crippen molar-refractivity contribution in [3.8, 4) is 0 Å². The van der Waals surface area contributed by atoms with Crippen molar-refractivity contribution in [1.29, 1.82) is 0 Å². The van der Waals surface area contributed by atoms with Gasteiger partial charge in [-0.15, -0.1) is 0 Å². The van der Waals surface area contributed by atoms with Crippen molar-refractivity contribution in [3.05, 3.63) is 11.9 Å². The van der Waals surface area contributed by atoms with Gasteiger partial charge in [0.05, 0.1) is 6.61 Å². The van der Waals surface area contributed by atoms with E-state index in [1.165, 1.54) is 0 Å². The first-order valence-electron chi connectivity index (χ1n) is 5.75. The van der Waals surface area contributed by atoms with Crippen molar-refractivity contribution >= 4 is 11.6 Å². The zero-order valence-electron chi connectivity index (χ0n) is 10.4. The first-order valence-corrected chi connectivity index (χ1v) is 5.75. The minimum absolute atomic E-state index is 0.0708. The Labute approximate surface area is 101 Å². The predicted octanol–water partition coefficient (Wildman–Crippen LogP) is 0.849. The maximum Gasteiger partial charge on any atom is 0.158 e. The standard InChI is InChI=1S/C11H20N4O2/c1-3-4-12-9-7-10(13-5-6-16)15-11(14-9)8-17-2/h7,16H,3-6,8H2,1-2H3,(H2,12,13,14,15). The van der Waals surface area contributed by atoms with Gasteiger partial charge in [-0.2, -0.15) is 0 Å². The van der Waals surface area contributed by atoms with Gasteiger partial charge in [0, 0.05) is 26.3 Å². The first-order chi connectivity index (χ1) is 8.30. The van der Waals surface area contributed by atoms with E-state index in [0.717, 1.165) is 18.8 Å². The molecule has 0 atom stereocenters. The lowest BCUT2D eigenvalue weighted by Gasteiger charge is -2.10. The van der Waals surface area contributed by atoms with Crippen LogP contribution in [0.5, 0.6) is 0 Å². The van der Waals surface area contributed by atoms with Crippen molar-refractivity contribution in [2.24, 2.45) is 0 Å². The quantitative estimate of drug-likeness (QED) is 0.625. The number of aliphatic hydroxyl groups excluding tert-OH is 1. The fourth-order valence-corrected chi connectivity index (χ4v) is 1.31. The van der Waals surface area contributed by atoms with Gasteiger partial charge in [-0.1, -0.05) is 6.92 Å². The Balaban J connectivity index is 2.76. The summed E-state index contributed by atoms with van der Waals surface area (Å²) in [4.78, 5) is 8.59. The summed E-state index contributed by atoms with van der Waals surface area (Å²) in [6.07, 6.45) is 1.03. The Morgan fingerprint density at radius 1 is 1.24 bits per heavy atom. The number of rotatable bonds is 8. The number of nitrogens with zero attached hydrogens (tertiary/aromatic N) is 2. The molecule has 1 aromatic rings. The van der Waals surface area contributed by atoms with Gasteiger partial charge in [0.1, 0.15) is 18.2 Å². The van der Waals surface area contributed by atoms with E-state index in [1.807, 2.05) is 6.07 Å². The maximum atomic E-state index is 8.76. The van der Waals surface area contributed by atoms with Gasteiger partial charge in [0.15, 0.2) is 5.82 Å². The molecule has 0 saturated carbocycles. The van der Waals surface area contributed by atoms with Crippen LogP contribution in [0.25, 0.3) is 0 Å². The number of methoxy groups -OCH3 is 1. The highest BCUT2D eigenvalue weighted by atomic mass is 16.5. The molecule has 0 radical (unpaired) electrons. The fourth-order valence-electron chi connectivity index (χ4n) is 1.31. The van der Waals surface area contributed by atoms with Crippen LogP contribution in [0.2, 0.25) is 0 Å². The maximum absolute atomic E-state index is 8.76. The van der Waals surface area contributed by atoms with E-state index in [4.69, 9.17) is 9.84 Å². The molecule has 0 amide bonds. The third-order valence-corrected chi connectivity index (χ3v) is 2.02. The largest absolute Gasteiger partial charge is 0.395 e. The van der Waals surface area contributed by atoms with Gasteiger partial charge in [0.2, 0.25) is 0 Å². The van der Waals surface area contributed by atoms with Crippen LogP contribution in [0.15, 0.2) is 6.07 Å². The monoisotopic (exact) mass is 240 g/mol. The predicted molar refractivity (Wildman–Crippen MR) is 67.1 cm³/mol. The van der Waals surface area contributed by atoms with Gasteiger partial charge in [-0.3, -0.25) is 0 Å². The molecule has 0 spiro atoms. The van der Waals surface area contributed by atoms with Crippen molar-refractivity contribution < 1.29 is 9.84 Å². The van der Waals surface area contributed by atoms with Crippen LogP contribution in [0, 0.1) is 0 Å². The smallest absolute Gasteiger partial charge is 0.158 e. The number of hydrogen-bond donors (Lipinski definition) is 3. The summed E-state index contributed by atoms with van der Waals surface area (Å²) in [5.41, 5.74) is 0. The van der Waals surface area contributed by atoms with Crippen molar-refractivity contribution in [1.82, 2.24) is 9.97 Å². The molecule has 0 aliphatic rings. The molecule has 0 aliphatic heterocycles. The highest BCUT2D eigenvalue weighted by molar-refractivity contribution is 5.47. The topological polar surface area (TPSA) is 79.3 Å².